The molecule has 1 N–H and O–H groups in total. The van der Waals surface area contributed by atoms with E-state index in [0.29, 0.717) is 19.3 Å². The summed E-state index contributed by atoms with van der Waals surface area (Å²) in [7, 11) is 5.25. The maximum atomic E-state index is 4.90. The van der Waals surface area contributed by atoms with Gasteiger partial charge in [-0.25, -0.2) is 0 Å². The minimum atomic E-state index is 0.319. The van der Waals surface area contributed by atoms with Crippen LogP contribution in [0, 0.1) is 0 Å². The molecular formula is C6H15NO2. The van der Waals surface area contributed by atoms with Crippen LogP contribution in [0.15, 0.2) is 0 Å². The molecule has 56 valence electrons. The molecule has 0 saturated heterocycles. The number of hydrogen-bond donors (Lipinski definition) is 1. The van der Waals surface area contributed by atoms with Gasteiger partial charge in [0.25, 0.3) is 0 Å². The largest absolute Gasteiger partial charge is 0.383 e. The standard InChI is InChI=1S/C6H15NO2/c1-7-6(4-8-2)5-9-3/h6-7H,4-5H2,1-3H3. The van der Waals surface area contributed by atoms with Gasteiger partial charge in [0.2, 0.25) is 0 Å². The molecule has 0 aromatic heterocycles. The summed E-state index contributed by atoms with van der Waals surface area (Å²) in [6.07, 6.45) is 0. The summed E-state index contributed by atoms with van der Waals surface area (Å²) in [6.45, 7) is 1.40. The Bertz CT molecular complexity index is 53.0. The molecule has 0 aliphatic carbocycles. The fourth-order valence-corrected chi connectivity index (χ4v) is 0.617. The molecule has 9 heavy (non-hydrogen) atoms. The second-order valence-corrected chi connectivity index (χ2v) is 1.90. The maximum absolute atomic E-state index is 4.90. The second-order valence-electron chi connectivity index (χ2n) is 1.90. The van der Waals surface area contributed by atoms with E-state index in [1.807, 2.05) is 7.05 Å². The molecule has 0 amide bonds. The van der Waals surface area contributed by atoms with Gasteiger partial charge in [-0.3, -0.25) is 0 Å². The highest BCUT2D eigenvalue weighted by atomic mass is 16.5. The zero-order valence-electron chi connectivity index (χ0n) is 6.31. The number of hydrogen-bond acceptors (Lipinski definition) is 3. The van der Waals surface area contributed by atoms with Crippen LogP contribution in [0.3, 0.4) is 0 Å². The van der Waals surface area contributed by atoms with E-state index in [-0.39, 0.29) is 0 Å². The molecule has 3 nitrogen and oxygen atoms in total. The van der Waals surface area contributed by atoms with Crippen molar-refractivity contribution in [2.75, 3.05) is 34.5 Å². The maximum Gasteiger partial charge on any atom is 0.0638 e. The van der Waals surface area contributed by atoms with E-state index >= 15 is 0 Å². The molecule has 0 rings (SSSR count). The highest BCUT2D eigenvalue weighted by molar-refractivity contribution is 4.60. The average Bonchev–Trinajstić information content (AvgIpc) is 1.88. The van der Waals surface area contributed by atoms with Crippen LogP contribution in [0.1, 0.15) is 0 Å². The van der Waals surface area contributed by atoms with E-state index in [9.17, 15) is 0 Å². The van der Waals surface area contributed by atoms with Gasteiger partial charge in [0.15, 0.2) is 0 Å². The normalized spacial score (nSPS) is 10.7. The number of nitrogens with one attached hydrogen (secondary N) is 1. The summed E-state index contributed by atoms with van der Waals surface area (Å²) in [6, 6.07) is 0.319. The molecule has 0 unspecified atom stereocenters. The molecule has 3 heteroatoms. The first-order chi connectivity index (χ1) is 4.35. The molecule has 0 radical (unpaired) electrons. The fraction of sp³-hybridized carbons (Fsp3) is 1.00. The third kappa shape index (κ3) is 4.39. The minimum absolute atomic E-state index is 0.319. The van der Waals surface area contributed by atoms with E-state index in [0.717, 1.165) is 0 Å². The summed E-state index contributed by atoms with van der Waals surface area (Å²) >= 11 is 0. The number of methoxy groups -OCH3 is 2. The molecule has 0 aromatic carbocycles. The Balaban J connectivity index is 3.18. The van der Waals surface area contributed by atoms with Crippen molar-refractivity contribution in [1.82, 2.24) is 5.32 Å². The van der Waals surface area contributed by atoms with Crippen molar-refractivity contribution >= 4 is 0 Å². The van der Waals surface area contributed by atoms with E-state index in [1.165, 1.54) is 0 Å². The predicted molar refractivity (Wildman–Crippen MR) is 36.6 cm³/mol. The van der Waals surface area contributed by atoms with Crippen LogP contribution in [-0.4, -0.2) is 40.5 Å². The zero-order chi connectivity index (χ0) is 7.11. The molecule has 0 atom stereocenters. The lowest BCUT2D eigenvalue weighted by Crippen LogP contribution is -2.34. The van der Waals surface area contributed by atoms with Gasteiger partial charge in [0, 0.05) is 14.2 Å². The lowest BCUT2D eigenvalue weighted by molar-refractivity contribution is 0.107. The number of rotatable bonds is 5. The van der Waals surface area contributed by atoms with Gasteiger partial charge in [-0.05, 0) is 7.05 Å². The predicted octanol–water partition coefficient (Wildman–Crippen LogP) is -0.133. The van der Waals surface area contributed by atoms with Gasteiger partial charge in [-0.2, -0.15) is 0 Å². The summed E-state index contributed by atoms with van der Waals surface area (Å²) < 4.78 is 9.81. The molecule has 0 saturated carbocycles. The topological polar surface area (TPSA) is 30.5 Å². The van der Waals surface area contributed by atoms with Gasteiger partial charge >= 0.3 is 0 Å². The Kier molecular flexibility index (Phi) is 5.93. The lowest BCUT2D eigenvalue weighted by atomic mass is 10.3. The first-order valence-electron chi connectivity index (χ1n) is 3.00. The van der Waals surface area contributed by atoms with Crippen molar-refractivity contribution in [3.63, 3.8) is 0 Å². The number of ether oxygens (including phenoxy) is 2. The molecule has 0 aliphatic rings. The van der Waals surface area contributed by atoms with Crippen LogP contribution in [-0.2, 0) is 9.47 Å². The molecule has 0 aliphatic heterocycles. The monoisotopic (exact) mass is 133 g/mol. The second kappa shape index (κ2) is 6.01. The SMILES string of the molecule is CNC(COC)COC. The van der Waals surface area contributed by atoms with Crippen LogP contribution in [0.25, 0.3) is 0 Å². The van der Waals surface area contributed by atoms with E-state index in [2.05, 4.69) is 5.32 Å². The Hall–Kier alpha value is -0.120. The van der Waals surface area contributed by atoms with Crippen molar-refractivity contribution in [2.24, 2.45) is 0 Å². The zero-order valence-corrected chi connectivity index (χ0v) is 6.31. The van der Waals surface area contributed by atoms with Crippen LogP contribution < -0.4 is 5.32 Å². The Morgan fingerprint density at radius 3 is 1.89 bits per heavy atom. The van der Waals surface area contributed by atoms with Gasteiger partial charge < -0.3 is 14.8 Å². The Morgan fingerprint density at radius 2 is 1.67 bits per heavy atom. The highest BCUT2D eigenvalue weighted by Crippen LogP contribution is 1.82. The third-order valence-electron chi connectivity index (χ3n) is 1.14. The van der Waals surface area contributed by atoms with Crippen LogP contribution in [0.4, 0.5) is 0 Å². The van der Waals surface area contributed by atoms with Crippen molar-refractivity contribution in [1.29, 1.82) is 0 Å². The van der Waals surface area contributed by atoms with Crippen LogP contribution in [0.2, 0.25) is 0 Å². The van der Waals surface area contributed by atoms with Gasteiger partial charge in [0.05, 0.1) is 19.3 Å². The number of likely N-dealkylation sites (N-methyl/N-ethyl adjacent to an activating group) is 1. The Morgan fingerprint density at radius 1 is 1.22 bits per heavy atom. The van der Waals surface area contributed by atoms with Crippen molar-refractivity contribution in [3.05, 3.63) is 0 Å². The first-order valence-corrected chi connectivity index (χ1v) is 3.00. The lowest BCUT2D eigenvalue weighted by Gasteiger charge is -2.12. The smallest absolute Gasteiger partial charge is 0.0638 e. The minimum Gasteiger partial charge on any atom is -0.383 e. The summed E-state index contributed by atoms with van der Waals surface area (Å²) in [5.41, 5.74) is 0. The van der Waals surface area contributed by atoms with Gasteiger partial charge in [-0.1, -0.05) is 0 Å². The molecule has 0 fully saturated rings. The van der Waals surface area contributed by atoms with Crippen LogP contribution >= 0.6 is 0 Å². The summed E-state index contributed by atoms with van der Waals surface area (Å²) in [5, 5.41) is 3.05. The molecule has 0 aromatic rings. The van der Waals surface area contributed by atoms with E-state index in [1.54, 1.807) is 14.2 Å². The summed E-state index contributed by atoms with van der Waals surface area (Å²) in [4.78, 5) is 0. The molecule has 0 spiro atoms. The highest BCUT2D eigenvalue weighted by Gasteiger charge is 2.01. The van der Waals surface area contributed by atoms with E-state index < -0.39 is 0 Å². The van der Waals surface area contributed by atoms with Crippen LogP contribution in [0.5, 0.6) is 0 Å². The average molecular weight is 133 g/mol. The van der Waals surface area contributed by atoms with Gasteiger partial charge in [0.1, 0.15) is 0 Å². The summed E-state index contributed by atoms with van der Waals surface area (Å²) in [5.74, 6) is 0. The Labute approximate surface area is 56.3 Å². The molecule has 0 heterocycles. The van der Waals surface area contributed by atoms with Gasteiger partial charge in [-0.15, -0.1) is 0 Å². The molecule has 0 bridgehead atoms. The quantitative estimate of drug-likeness (QED) is 0.566. The molecular weight excluding hydrogens is 118 g/mol. The fourth-order valence-electron chi connectivity index (χ4n) is 0.617. The van der Waals surface area contributed by atoms with Crippen molar-refractivity contribution in [3.8, 4) is 0 Å². The third-order valence-corrected chi connectivity index (χ3v) is 1.14. The first kappa shape index (κ1) is 8.88. The van der Waals surface area contributed by atoms with Crippen molar-refractivity contribution < 1.29 is 9.47 Å². The van der Waals surface area contributed by atoms with Crippen molar-refractivity contribution in [2.45, 2.75) is 6.04 Å². The van der Waals surface area contributed by atoms with E-state index in [4.69, 9.17) is 9.47 Å².